The maximum absolute atomic E-state index is 12.3. The molecular formula is C16H24ClN2O4+. The van der Waals surface area contributed by atoms with Gasteiger partial charge in [0.25, 0.3) is 5.91 Å². The SMILES string of the molecule is COc1cc(NC(=O)C[NH+]2C[C@@H](C)O[C@H](C)C2)c(OC)cc1Cl. The number of anilines is 1. The normalized spacial score (nSPS) is 24.1. The summed E-state index contributed by atoms with van der Waals surface area (Å²) in [5.74, 6) is 0.913. The van der Waals surface area contributed by atoms with Gasteiger partial charge in [-0.3, -0.25) is 4.79 Å². The molecule has 2 rings (SSSR count). The number of hydrogen-bond donors (Lipinski definition) is 2. The van der Waals surface area contributed by atoms with Crippen molar-refractivity contribution in [2.24, 2.45) is 0 Å². The van der Waals surface area contributed by atoms with Crippen molar-refractivity contribution in [3.05, 3.63) is 17.2 Å². The number of halogens is 1. The standard InChI is InChI=1S/C16H23ClN2O4/c1-10-7-19(8-11(2)23-10)9-16(20)18-13-6-14(21-3)12(17)5-15(13)22-4/h5-6,10-11H,7-9H2,1-4H3,(H,18,20)/p+1/t10-,11-/m1/s1. The Hall–Kier alpha value is -1.50. The largest absolute Gasteiger partial charge is 0.495 e. The molecule has 0 saturated carbocycles. The second-order valence-electron chi connectivity index (χ2n) is 5.83. The van der Waals surface area contributed by atoms with E-state index in [0.717, 1.165) is 13.1 Å². The van der Waals surface area contributed by atoms with Crippen molar-refractivity contribution >= 4 is 23.2 Å². The first-order valence-electron chi connectivity index (χ1n) is 7.63. The van der Waals surface area contributed by atoms with Crippen molar-refractivity contribution in [1.29, 1.82) is 0 Å². The Balaban J connectivity index is 2.05. The monoisotopic (exact) mass is 343 g/mol. The molecule has 1 aromatic carbocycles. The number of hydrogen-bond acceptors (Lipinski definition) is 4. The Morgan fingerprint density at radius 2 is 1.87 bits per heavy atom. The number of quaternary nitrogens is 1. The van der Waals surface area contributed by atoms with E-state index in [-0.39, 0.29) is 18.1 Å². The predicted molar refractivity (Wildman–Crippen MR) is 88.8 cm³/mol. The molecule has 1 aromatic rings. The zero-order valence-corrected chi connectivity index (χ0v) is 14.7. The molecule has 2 atom stereocenters. The molecule has 1 aliphatic heterocycles. The van der Waals surface area contributed by atoms with Crippen LogP contribution in [0, 0.1) is 0 Å². The van der Waals surface area contributed by atoms with Crippen molar-refractivity contribution in [2.75, 3.05) is 39.2 Å². The fourth-order valence-corrected chi connectivity index (χ4v) is 3.14. The van der Waals surface area contributed by atoms with Crippen LogP contribution in [0.25, 0.3) is 0 Å². The van der Waals surface area contributed by atoms with Gasteiger partial charge in [-0.25, -0.2) is 0 Å². The van der Waals surface area contributed by atoms with Gasteiger partial charge in [0.15, 0.2) is 6.54 Å². The Kier molecular flexibility index (Phi) is 6.10. The van der Waals surface area contributed by atoms with E-state index >= 15 is 0 Å². The molecule has 1 fully saturated rings. The fraction of sp³-hybridized carbons (Fsp3) is 0.562. The zero-order valence-electron chi connectivity index (χ0n) is 13.9. The third-order valence-electron chi connectivity index (χ3n) is 3.78. The van der Waals surface area contributed by atoms with E-state index in [1.807, 2.05) is 13.8 Å². The number of nitrogens with one attached hydrogen (secondary N) is 2. The lowest BCUT2D eigenvalue weighted by molar-refractivity contribution is -0.907. The molecule has 0 spiro atoms. The van der Waals surface area contributed by atoms with Crippen LogP contribution < -0.4 is 19.7 Å². The smallest absolute Gasteiger partial charge is 0.279 e. The second-order valence-corrected chi connectivity index (χ2v) is 6.23. The van der Waals surface area contributed by atoms with Gasteiger partial charge in [0.05, 0.1) is 24.9 Å². The quantitative estimate of drug-likeness (QED) is 0.837. The van der Waals surface area contributed by atoms with E-state index in [9.17, 15) is 4.79 Å². The summed E-state index contributed by atoms with van der Waals surface area (Å²) in [7, 11) is 3.06. The molecule has 2 N–H and O–H groups in total. The van der Waals surface area contributed by atoms with Crippen LogP contribution in [-0.4, -0.2) is 52.0 Å². The van der Waals surface area contributed by atoms with Crippen LogP contribution in [0.3, 0.4) is 0 Å². The molecule has 0 aromatic heterocycles. The number of ether oxygens (including phenoxy) is 3. The van der Waals surface area contributed by atoms with Crippen LogP contribution in [0.15, 0.2) is 12.1 Å². The Labute approximate surface area is 141 Å². The number of benzene rings is 1. The Morgan fingerprint density at radius 1 is 1.26 bits per heavy atom. The summed E-state index contributed by atoms with van der Waals surface area (Å²) in [6.45, 7) is 6.07. The predicted octanol–water partition coefficient (Wildman–Crippen LogP) is 0.988. The van der Waals surface area contributed by atoms with Crippen LogP contribution in [0.5, 0.6) is 11.5 Å². The minimum Gasteiger partial charge on any atom is -0.495 e. The lowest BCUT2D eigenvalue weighted by atomic mass is 10.2. The average Bonchev–Trinajstić information content (AvgIpc) is 2.47. The zero-order chi connectivity index (χ0) is 17.0. The van der Waals surface area contributed by atoms with Crippen molar-refractivity contribution < 1.29 is 23.9 Å². The van der Waals surface area contributed by atoms with Gasteiger partial charge >= 0.3 is 0 Å². The molecule has 0 radical (unpaired) electrons. The first kappa shape index (κ1) is 17.8. The molecule has 1 heterocycles. The molecular weight excluding hydrogens is 320 g/mol. The minimum absolute atomic E-state index is 0.0797. The number of rotatable bonds is 5. The molecule has 0 aliphatic carbocycles. The van der Waals surface area contributed by atoms with E-state index in [1.165, 1.54) is 19.1 Å². The van der Waals surface area contributed by atoms with Gasteiger partial charge in [-0.1, -0.05) is 11.6 Å². The van der Waals surface area contributed by atoms with Gasteiger partial charge < -0.3 is 24.4 Å². The van der Waals surface area contributed by atoms with Crippen LogP contribution in [0.1, 0.15) is 13.8 Å². The molecule has 23 heavy (non-hydrogen) atoms. The van der Waals surface area contributed by atoms with Gasteiger partial charge in [0, 0.05) is 12.1 Å². The average molecular weight is 344 g/mol. The van der Waals surface area contributed by atoms with E-state index in [2.05, 4.69) is 5.32 Å². The van der Waals surface area contributed by atoms with E-state index in [4.69, 9.17) is 25.8 Å². The molecule has 7 heteroatoms. The summed E-state index contributed by atoms with van der Waals surface area (Å²) >= 11 is 6.07. The summed E-state index contributed by atoms with van der Waals surface area (Å²) < 4.78 is 16.1. The first-order valence-corrected chi connectivity index (χ1v) is 8.01. The summed E-state index contributed by atoms with van der Waals surface area (Å²) in [5, 5.41) is 3.31. The first-order chi connectivity index (χ1) is 10.9. The maximum atomic E-state index is 12.3. The van der Waals surface area contributed by atoms with Crippen LogP contribution in [-0.2, 0) is 9.53 Å². The van der Waals surface area contributed by atoms with E-state index in [1.54, 1.807) is 12.1 Å². The van der Waals surface area contributed by atoms with E-state index in [0.29, 0.717) is 28.8 Å². The third-order valence-corrected chi connectivity index (χ3v) is 4.07. The molecule has 1 aliphatic rings. The van der Waals surface area contributed by atoms with Crippen molar-refractivity contribution in [3.63, 3.8) is 0 Å². The number of carbonyl (C=O) groups excluding carboxylic acids is 1. The van der Waals surface area contributed by atoms with Gasteiger partial charge in [0.2, 0.25) is 0 Å². The van der Waals surface area contributed by atoms with Crippen LogP contribution in [0.2, 0.25) is 5.02 Å². The molecule has 0 unspecified atom stereocenters. The number of morpholine rings is 1. The molecule has 0 bridgehead atoms. The highest BCUT2D eigenvalue weighted by atomic mass is 35.5. The lowest BCUT2D eigenvalue weighted by Crippen LogP contribution is -3.16. The van der Waals surface area contributed by atoms with Crippen LogP contribution >= 0.6 is 11.6 Å². The lowest BCUT2D eigenvalue weighted by Gasteiger charge is -2.31. The number of amides is 1. The highest BCUT2D eigenvalue weighted by Gasteiger charge is 2.27. The van der Waals surface area contributed by atoms with Crippen LogP contribution in [0.4, 0.5) is 5.69 Å². The molecule has 1 saturated heterocycles. The van der Waals surface area contributed by atoms with Crippen molar-refractivity contribution in [3.8, 4) is 11.5 Å². The number of methoxy groups -OCH3 is 2. The highest BCUT2D eigenvalue weighted by molar-refractivity contribution is 6.32. The second kappa shape index (κ2) is 7.86. The third kappa shape index (κ3) is 4.73. The summed E-state index contributed by atoms with van der Waals surface area (Å²) in [6.07, 6.45) is 0.318. The van der Waals surface area contributed by atoms with Gasteiger partial charge in [-0.2, -0.15) is 0 Å². The topological polar surface area (TPSA) is 61.2 Å². The molecule has 1 amide bonds. The van der Waals surface area contributed by atoms with Gasteiger partial charge in [-0.05, 0) is 13.8 Å². The maximum Gasteiger partial charge on any atom is 0.279 e. The van der Waals surface area contributed by atoms with Gasteiger partial charge in [0.1, 0.15) is 36.8 Å². The minimum atomic E-state index is -0.0797. The Bertz CT molecular complexity index is 557. The van der Waals surface area contributed by atoms with Crippen molar-refractivity contribution in [2.45, 2.75) is 26.1 Å². The highest BCUT2D eigenvalue weighted by Crippen LogP contribution is 2.35. The molecule has 6 nitrogen and oxygen atoms in total. The van der Waals surface area contributed by atoms with Crippen molar-refractivity contribution in [1.82, 2.24) is 0 Å². The van der Waals surface area contributed by atoms with E-state index < -0.39 is 0 Å². The number of carbonyl (C=O) groups is 1. The molecule has 128 valence electrons. The summed E-state index contributed by atoms with van der Waals surface area (Å²) in [6, 6.07) is 3.29. The summed E-state index contributed by atoms with van der Waals surface area (Å²) in [4.78, 5) is 13.5. The fourth-order valence-electron chi connectivity index (χ4n) is 2.91. The summed E-state index contributed by atoms with van der Waals surface area (Å²) in [5.41, 5.74) is 0.549. The van der Waals surface area contributed by atoms with Gasteiger partial charge in [-0.15, -0.1) is 0 Å². The Morgan fingerprint density at radius 3 is 2.43 bits per heavy atom.